The minimum Gasteiger partial charge on any atom is -0.367 e. The van der Waals surface area contributed by atoms with Crippen molar-refractivity contribution in [2.45, 2.75) is 23.4 Å². The summed E-state index contributed by atoms with van der Waals surface area (Å²) in [5.41, 5.74) is 0.285. The van der Waals surface area contributed by atoms with Gasteiger partial charge in [0.05, 0.1) is 0 Å². The van der Waals surface area contributed by atoms with Crippen LogP contribution >= 0.6 is 11.8 Å². The van der Waals surface area contributed by atoms with Crippen LogP contribution < -0.4 is 0 Å². The van der Waals surface area contributed by atoms with E-state index in [1.165, 1.54) is 0 Å². The summed E-state index contributed by atoms with van der Waals surface area (Å²) < 4.78 is 7.23. The van der Waals surface area contributed by atoms with Crippen LogP contribution in [0.5, 0.6) is 0 Å². The molecular formula is C7H11N3OS. The molecule has 1 atom stereocenters. The highest BCUT2D eigenvalue weighted by molar-refractivity contribution is 7.99. The lowest BCUT2D eigenvalue weighted by molar-refractivity contribution is 0.173. The van der Waals surface area contributed by atoms with Crippen molar-refractivity contribution in [2.75, 3.05) is 6.61 Å². The van der Waals surface area contributed by atoms with Crippen molar-refractivity contribution in [3.05, 3.63) is 6.33 Å². The van der Waals surface area contributed by atoms with Crippen molar-refractivity contribution >= 4 is 11.8 Å². The van der Waals surface area contributed by atoms with E-state index in [2.05, 4.69) is 10.1 Å². The summed E-state index contributed by atoms with van der Waals surface area (Å²) in [6, 6.07) is 0. The van der Waals surface area contributed by atoms with Gasteiger partial charge in [0.1, 0.15) is 11.8 Å². The fraction of sp³-hybridized carbons (Fsp3) is 0.714. The molecule has 66 valence electrons. The lowest BCUT2D eigenvalue weighted by atomic mass is 10.4. The summed E-state index contributed by atoms with van der Waals surface area (Å²) in [6.07, 6.45) is 3.85. The highest BCUT2D eigenvalue weighted by Gasteiger charge is 2.18. The molecular weight excluding hydrogens is 174 g/mol. The lowest BCUT2D eigenvalue weighted by Gasteiger charge is -2.06. The maximum atomic E-state index is 5.46. The van der Waals surface area contributed by atoms with Gasteiger partial charge in [-0.1, -0.05) is 11.8 Å². The zero-order chi connectivity index (χ0) is 8.39. The van der Waals surface area contributed by atoms with Gasteiger partial charge in [-0.05, 0) is 12.8 Å². The number of rotatable bonds is 2. The first kappa shape index (κ1) is 8.07. The maximum Gasteiger partial charge on any atom is 0.188 e. The molecule has 1 aromatic rings. The molecule has 0 spiro atoms. The second-order valence-corrected chi connectivity index (χ2v) is 3.85. The van der Waals surface area contributed by atoms with Gasteiger partial charge >= 0.3 is 0 Å². The molecule has 1 aliphatic rings. The van der Waals surface area contributed by atoms with Crippen molar-refractivity contribution in [1.29, 1.82) is 0 Å². The van der Waals surface area contributed by atoms with Crippen molar-refractivity contribution in [3.63, 3.8) is 0 Å². The Morgan fingerprint density at radius 1 is 1.75 bits per heavy atom. The number of nitrogens with zero attached hydrogens (tertiary/aromatic N) is 3. The molecule has 1 unspecified atom stereocenters. The Balaban J connectivity index is 1.98. The molecule has 1 aromatic heterocycles. The summed E-state index contributed by atoms with van der Waals surface area (Å²) >= 11 is 1.65. The van der Waals surface area contributed by atoms with E-state index in [1.807, 2.05) is 7.05 Å². The number of aromatic nitrogens is 3. The van der Waals surface area contributed by atoms with Crippen molar-refractivity contribution in [3.8, 4) is 0 Å². The summed E-state index contributed by atoms with van der Waals surface area (Å²) in [5, 5.41) is 4.92. The van der Waals surface area contributed by atoms with Gasteiger partial charge in [0.15, 0.2) is 5.16 Å². The van der Waals surface area contributed by atoms with Crippen molar-refractivity contribution in [1.82, 2.24) is 14.8 Å². The first-order chi connectivity index (χ1) is 5.86. The summed E-state index contributed by atoms with van der Waals surface area (Å²) in [4.78, 5) is 4.11. The zero-order valence-corrected chi connectivity index (χ0v) is 7.75. The van der Waals surface area contributed by atoms with Crippen LogP contribution in [0.4, 0.5) is 0 Å². The van der Waals surface area contributed by atoms with Crippen LogP contribution in [0.2, 0.25) is 0 Å². The molecule has 4 nitrogen and oxygen atoms in total. The fourth-order valence-electron chi connectivity index (χ4n) is 1.15. The molecule has 0 saturated carbocycles. The van der Waals surface area contributed by atoms with Gasteiger partial charge in [0.25, 0.3) is 0 Å². The zero-order valence-electron chi connectivity index (χ0n) is 6.93. The van der Waals surface area contributed by atoms with E-state index in [0.717, 1.165) is 24.6 Å². The van der Waals surface area contributed by atoms with Gasteiger partial charge in [0.2, 0.25) is 0 Å². The Morgan fingerprint density at radius 2 is 2.67 bits per heavy atom. The highest BCUT2D eigenvalue weighted by atomic mass is 32.2. The van der Waals surface area contributed by atoms with E-state index < -0.39 is 0 Å². The van der Waals surface area contributed by atoms with Crippen LogP contribution in [-0.4, -0.2) is 26.8 Å². The van der Waals surface area contributed by atoms with Gasteiger partial charge in [-0.2, -0.15) is 5.10 Å². The molecule has 12 heavy (non-hydrogen) atoms. The molecule has 0 amide bonds. The predicted molar refractivity (Wildman–Crippen MR) is 45.8 cm³/mol. The van der Waals surface area contributed by atoms with Gasteiger partial charge in [-0.25, -0.2) is 9.67 Å². The average molecular weight is 185 g/mol. The van der Waals surface area contributed by atoms with Crippen LogP contribution in [0.3, 0.4) is 0 Å². The Kier molecular flexibility index (Phi) is 2.32. The molecule has 1 fully saturated rings. The average Bonchev–Trinajstić information content (AvgIpc) is 2.65. The first-order valence-corrected chi connectivity index (χ1v) is 4.86. The van der Waals surface area contributed by atoms with E-state index in [1.54, 1.807) is 22.8 Å². The van der Waals surface area contributed by atoms with Gasteiger partial charge in [-0.3, -0.25) is 0 Å². The standard InChI is InChI=1S/C7H11N3OS/c1-10-7(8-5-9-10)12-6-3-2-4-11-6/h5-6H,2-4H2,1H3. The number of thioether (sulfide) groups is 1. The third-order valence-corrected chi connectivity index (χ3v) is 3.01. The topological polar surface area (TPSA) is 39.9 Å². The predicted octanol–water partition coefficient (Wildman–Crippen LogP) is 1.04. The molecule has 0 radical (unpaired) electrons. The van der Waals surface area contributed by atoms with E-state index >= 15 is 0 Å². The van der Waals surface area contributed by atoms with E-state index in [-0.39, 0.29) is 5.44 Å². The van der Waals surface area contributed by atoms with Crippen LogP contribution in [0, 0.1) is 0 Å². The number of hydrogen-bond donors (Lipinski definition) is 0. The van der Waals surface area contributed by atoms with Crippen LogP contribution in [0.1, 0.15) is 12.8 Å². The number of aryl methyl sites for hydroxylation is 1. The number of ether oxygens (including phenoxy) is 1. The molecule has 0 aliphatic carbocycles. The molecule has 2 heterocycles. The third-order valence-electron chi connectivity index (χ3n) is 1.79. The molecule has 5 heteroatoms. The minimum absolute atomic E-state index is 0.285. The monoisotopic (exact) mass is 185 g/mol. The van der Waals surface area contributed by atoms with Crippen LogP contribution in [0.25, 0.3) is 0 Å². The fourth-order valence-corrected chi connectivity index (χ4v) is 2.14. The Hall–Kier alpha value is -0.550. The third kappa shape index (κ3) is 1.61. The Bertz CT molecular complexity index is 257. The highest BCUT2D eigenvalue weighted by Crippen LogP contribution is 2.28. The second kappa shape index (κ2) is 3.45. The first-order valence-electron chi connectivity index (χ1n) is 3.98. The molecule has 1 aliphatic heterocycles. The van der Waals surface area contributed by atoms with Gasteiger partial charge in [0, 0.05) is 13.7 Å². The van der Waals surface area contributed by atoms with Gasteiger partial charge < -0.3 is 4.74 Å². The van der Waals surface area contributed by atoms with Crippen molar-refractivity contribution in [2.24, 2.45) is 7.05 Å². The summed E-state index contributed by atoms with van der Waals surface area (Å²) in [6.45, 7) is 0.884. The Morgan fingerprint density at radius 3 is 3.25 bits per heavy atom. The Labute approximate surface area is 75.3 Å². The molecule has 0 bridgehead atoms. The second-order valence-electron chi connectivity index (χ2n) is 2.73. The van der Waals surface area contributed by atoms with Crippen LogP contribution in [-0.2, 0) is 11.8 Å². The summed E-state index contributed by atoms with van der Waals surface area (Å²) in [5.74, 6) is 0. The summed E-state index contributed by atoms with van der Waals surface area (Å²) in [7, 11) is 1.89. The number of hydrogen-bond acceptors (Lipinski definition) is 4. The largest absolute Gasteiger partial charge is 0.367 e. The molecule has 0 N–H and O–H groups in total. The van der Waals surface area contributed by atoms with Gasteiger partial charge in [-0.15, -0.1) is 0 Å². The minimum atomic E-state index is 0.285. The molecule has 1 saturated heterocycles. The SMILES string of the molecule is Cn1ncnc1SC1CCCO1. The molecule has 2 rings (SSSR count). The smallest absolute Gasteiger partial charge is 0.188 e. The van der Waals surface area contributed by atoms with Crippen molar-refractivity contribution < 1.29 is 4.74 Å². The van der Waals surface area contributed by atoms with Crippen LogP contribution in [0.15, 0.2) is 11.5 Å². The molecule has 0 aromatic carbocycles. The van der Waals surface area contributed by atoms with E-state index in [4.69, 9.17) is 4.74 Å². The maximum absolute atomic E-state index is 5.46. The van der Waals surface area contributed by atoms with E-state index in [0.29, 0.717) is 0 Å². The quantitative estimate of drug-likeness (QED) is 0.690. The lowest BCUT2D eigenvalue weighted by Crippen LogP contribution is -2.01. The normalized spacial score (nSPS) is 23.2. The van der Waals surface area contributed by atoms with E-state index in [9.17, 15) is 0 Å².